The average molecular weight is 488 g/mol. The molecule has 178 valence electrons. The van der Waals surface area contributed by atoms with Gasteiger partial charge in [0.25, 0.3) is 5.91 Å². The third-order valence-corrected chi connectivity index (χ3v) is 7.62. The van der Waals surface area contributed by atoms with Gasteiger partial charge in [0.15, 0.2) is 5.13 Å². The summed E-state index contributed by atoms with van der Waals surface area (Å²) >= 11 is 1.41. The largest absolute Gasteiger partial charge is 0.496 e. The van der Waals surface area contributed by atoms with Crippen LogP contribution in [0.2, 0.25) is 0 Å². The molecule has 5 rings (SSSR count). The fraction of sp³-hybridized carbons (Fsp3) is 0.346. The van der Waals surface area contributed by atoms with Gasteiger partial charge in [-0.05, 0) is 44.0 Å². The molecule has 1 aliphatic carbocycles. The number of ether oxygens (including phenoxy) is 1. The molecule has 1 aliphatic heterocycles. The number of rotatable bonds is 5. The van der Waals surface area contributed by atoms with E-state index in [4.69, 9.17) is 4.74 Å². The quantitative estimate of drug-likeness (QED) is 0.574. The molecule has 8 nitrogen and oxygen atoms in total. The second-order valence-electron chi connectivity index (χ2n) is 8.88. The van der Waals surface area contributed by atoms with Crippen molar-refractivity contribution < 1.29 is 14.3 Å². The van der Waals surface area contributed by atoms with Crippen LogP contribution in [0.5, 0.6) is 5.75 Å². The van der Waals surface area contributed by atoms with Crippen LogP contribution in [-0.2, 0) is 17.8 Å². The van der Waals surface area contributed by atoms with Gasteiger partial charge in [0.2, 0.25) is 5.91 Å². The number of carbonyl (C=O) groups excluding carboxylic acids is 2. The number of amides is 2. The molecule has 1 N–H and O–H groups in total. The number of fused-ring (bicyclic) bond motifs is 1. The van der Waals surface area contributed by atoms with Crippen LogP contribution in [0.3, 0.4) is 0 Å². The number of aromatic nitrogens is 2. The van der Waals surface area contributed by atoms with Crippen molar-refractivity contribution in [3.05, 3.63) is 57.9 Å². The number of pyridine rings is 1. The lowest BCUT2D eigenvalue weighted by Crippen LogP contribution is -2.41. The van der Waals surface area contributed by atoms with Gasteiger partial charge in [0.05, 0.1) is 36.5 Å². The second-order valence-corrected chi connectivity index (χ2v) is 9.96. The number of nitriles is 1. The van der Waals surface area contributed by atoms with E-state index in [1.165, 1.54) is 17.5 Å². The van der Waals surface area contributed by atoms with Gasteiger partial charge in [0, 0.05) is 46.8 Å². The van der Waals surface area contributed by atoms with Crippen molar-refractivity contribution >= 4 is 28.3 Å². The predicted octanol–water partition coefficient (Wildman–Crippen LogP) is 4.33. The van der Waals surface area contributed by atoms with E-state index < -0.39 is 0 Å². The standard InChI is InChI=1S/C26H25N5O3S/c1-15-10-18(19-11-16(12-27)6-7-22(19)34-2)20(13-28-15)24(32)30-26-29-21-8-9-31(14-23(21)35-26)25(33)17-4-3-5-17/h6-7,10-11,13,17H,3-5,8-9,14H2,1-2H3,(H,29,30,32). The van der Waals surface area contributed by atoms with E-state index in [-0.39, 0.29) is 17.7 Å². The first-order valence-corrected chi connectivity index (χ1v) is 12.4. The van der Waals surface area contributed by atoms with E-state index in [9.17, 15) is 14.9 Å². The van der Waals surface area contributed by atoms with E-state index in [2.05, 4.69) is 21.4 Å². The molecule has 2 aliphatic rings. The van der Waals surface area contributed by atoms with Crippen LogP contribution in [-0.4, -0.2) is 40.3 Å². The second kappa shape index (κ2) is 9.47. The molecule has 9 heteroatoms. The molecule has 2 amide bonds. The molecule has 0 saturated heterocycles. The molecule has 0 atom stereocenters. The smallest absolute Gasteiger partial charge is 0.259 e. The summed E-state index contributed by atoms with van der Waals surface area (Å²) in [6, 6.07) is 9.05. The molecule has 1 fully saturated rings. The van der Waals surface area contributed by atoms with Crippen LogP contribution in [0, 0.1) is 24.2 Å². The Morgan fingerprint density at radius 2 is 2.09 bits per heavy atom. The predicted molar refractivity (Wildman–Crippen MR) is 132 cm³/mol. The number of hydrogen-bond acceptors (Lipinski definition) is 7. The summed E-state index contributed by atoms with van der Waals surface area (Å²) in [5, 5.41) is 12.8. The van der Waals surface area contributed by atoms with Gasteiger partial charge in [-0.1, -0.05) is 17.8 Å². The number of carbonyl (C=O) groups is 2. The molecule has 35 heavy (non-hydrogen) atoms. The molecule has 0 bridgehead atoms. The fourth-order valence-corrected chi connectivity index (χ4v) is 5.49. The highest BCUT2D eigenvalue weighted by Crippen LogP contribution is 2.35. The maximum atomic E-state index is 13.3. The van der Waals surface area contributed by atoms with Crippen LogP contribution >= 0.6 is 11.3 Å². The van der Waals surface area contributed by atoms with Crippen molar-refractivity contribution in [2.24, 2.45) is 5.92 Å². The maximum Gasteiger partial charge on any atom is 0.259 e. The van der Waals surface area contributed by atoms with E-state index in [1.54, 1.807) is 25.3 Å². The van der Waals surface area contributed by atoms with Crippen molar-refractivity contribution in [1.29, 1.82) is 5.26 Å². The van der Waals surface area contributed by atoms with E-state index in [1.807, 2.05) is 17.9 Å². The molecule has 0 unspecified atom stereocenters. The first-order chi connectivity index (χ1) is 17.0. The number of benzene rings is 1. The monoisotopic (exact) mass is 487 g/mol. The molecule has 0 radical (unpaired) electrons. The third-order valence-electron chi connectivity index (χ3n) is 6.62. The normalized spacial score (nSPS) is 15.1. The van der Waals surface area contributed by atoms with Gasteiger partial charge in [-0.3, -0.25) is 19.9 Å². The Morgan fingerprint density at radius 3 is 2.80 bits per heavy atom. The maximum absolute atomic E-state index is 13.3. The van der Waals surface area contributed by atoms with Crippen molar-refractivity contribution in [2.75, 3.05) is 19.0 Å². The average Bonchev–Trinajstić information content (AvgIpc) is 3.23. The minimum Gasteiger partial charge on any atom is -0.496 e. The zero-order valence-corrected chi connectivity index (χ0v) is 20.4. The molecule has 0 spiro atoms. The van der Waals surface area contributed by atoms with Crippen LogP contribution < -0.4 is 10.1 Å². The van der Waals surface area contributed by atoms with Crippen molar-refractivity contribution in [3.63, 3.8) is 0 Å². The molecule has 3 heterocycles. The van der Waals surface area contributed by atoms with Gasteiger partial charge < -0.3 is 9.64 Å². The number of nitrogens with one attached hydrogen (secondary N) is 1. The lowest BCUT2D eigenvalue weighted by Gasteiger charge is -2.33. The third kappa shape index (κ3) is 4.49. The molecule has 1 aromatic carbocycles. The Kier molecular flexibility index (Phi) is 6.22. The number of nitrogens with zero attached hydrogens (tertiary/aromatic N) is 4. The highest BCUT2D eigenvalue weighted by molar-refractivity contribution is 7.15. The first-order valence-electron chi connectivity index (χ1n) is 11.6. The number of thiazole rings is 1. The molecular weight excluding hydrogens is 462 g/mol. The number of anilines is 1. The highest BCUT2D eigenvalue weighted by atomic mass is 32.1. The summed E-state index contributed by atoms with van der Waals surface area (Å²) in [5.74, 6) is 0.632. The topological polar surface area (TPSA) is 108 Å². The Bertz CT molecular complexity index is 1360. The van der Waals surface area contributed by atoms with Crippen LogP contribution in [0.15, 0.2) is 30.5 Å². The molecular formula is C26H25N5O3S. The van der Waals surface area contributed by atoms with Crippen molar-refractivity contribution in [2.45, 2.75) is 39.2 Å². The molecule has 2 aromatic heterocycles. The zero-order chi connectivity index (χ0) is 24.5. The van der Waals surface area contributed by atoms with E-state index in [0.29, 0.717) is 52.6 Å². The highest BCUT2D eigenvalue weighted by Gasteiger charge is 2.32. The van der Waals surface area contributed by atoms with E-state index in [0.717, 1.165) is 35.5 Å². The number of methoxy groups -OCH3 is 1. The van der Waals surface area contributed by atoms with Crippen molar-refractivity contribution in [3.8, 4) is 22.9 Å². The Labute approximate surface area is 207 Å². The lowest BCUT2D eigenvalue weighted by molar-refractivity contribution is -0.139. The van der Waals surface area contributed by atoms with Gasteiger partial charge >= 0.3 is 0 Å². The molecule has 1 saturated carbocycles. The summed E-state index contributed by atoms with van der Waals surface area (Å²) in [6.07, 6.45) is 5.33. The van der Waals surface area contributed by atoms with Crippen LogP contribution in [0.25, 0.3) is 11.1 Å². The minimum atomic E-state index is -0.342. The Balaban J connectivity index is 1.40. The molecule has 3 aromatic rings. The SMILES string of the molecule is COc1ccc(C#N)cc1-c1cc(C)ncc1C(=O)Nc1nc2c(s1)CN(C(=O)C1CCC1)CC2. The van der Waals surface area contributed by atoms with E-state index >= 15 is 0 Å². The van der Waals surface area contributed by atoms with Gasteiger partial charge in [0.1, 0.15) is 5.75 Å². The summed E-state index contributed by atoms with van der Waals surface area (Å²) in [7, 11) is 1.55. The number of hydrogen-bond donors (Lipinski definition) is 1. The lowest BCUT2D eigenvalue weighted by atomic mass is 9.84. The summed E-state index contributed by atoms with van der Waals surface area (Å²) < 4.78 is 5.50. The van der Waals surface area contributed by atoms with Crippen LogP contribution in [0.1, 0.15) is 51.4 Å². The van der Waals surface area contributed by atoms with Crippen molar-refractivity contribution in [1.82, 2.24) is 14.9 Å². The number of aryl methyl sites for hydroxylation is 1. The Hall–Kier alpha value is -3.77. The van der Waals surface area contributed by atoms with Gasteiger partial charge in [-0.15, -0.1) is 0 Å². The first kappa shape index (κ1) is 23.0. The van der Waals surface area contributed by atoms with Gasteiger partial charge in [-0.2, -0.15) is 5.26 Å². The summed E-state index contributed by atoms with van der Waals surface area (Å²) in [4.78, 5) is 37.9. The van der Waals surface area contributed by atoms with Crippen LogP contribution in [0.4, 0.5) is 5.13 Å². The minimum absolute atomic E-state index is 0.174. The fourth-order valence-electron chi connectivity index (χ4n) is 4.47. The zero-order valence-electron chi connectivity index (χ0n) is 19.6. The van der Waals surface area contributed by atoms with Gasteiger partial charge in [-0.25, -0.2) is 4.98 Å². The summed E-state index contributed by atoms with van der Waals surface area (Å²) in [6.45, 7) is 3.06. The summed E-state index contributed by atoms with van der Waals surface area (Å²) in [5.41, 5.74) is 3.78. The Morgan fingerprint density at radius 1 is 1.26 bits per heavy atom.